The first kappa shape index (κ1) is 14.0. The third-order valence-corrected chi connectivity index (χ3v) is 4.19. The molecule has 2 rings (SSSR count). The number of nitrogens with zero attached hydrogens (tertiary/aromatic N) is 2. The summed E-state index contributed by atoms with van der Waals surface area (Å²) in [6.07, 6.45) is 1.15. The van der Waals surface area contributed by atoms with Crippen molar-refractivity contribution >= 4 is 27.5 Å². The van der Waals surface area contributed by atoms with E-state index < -0.39 is 4.92 Å². The van der Waals surface area contributed by atoms with Crippen molar-refractivity contribution in [3.63, 3.8) is 0 Å². The quantitative estimate of drug-likeness (QED) is 0.630. The normalized spacial score (nSPS) is 21.0. The van der Waals surface area contributed by atoms with Gasteiger partial charge < -0.3 is 4.90 Å². The highest BCUT2D eigenvalue weighted by Gasteiger charge is 2.34. The molecule has 0 N–H and O–H groups in total. The lowest BCUT2D eigenvalue weighted by atomic mass is 10.1. The van der Waals surface area contributed by atoms with Gasteiger partial charge in [0.25, 0.3) is 11.6 Å². The van der Waals surface area contributed by atoms with Gasteiger partial charge >= 0.3 is 0 Å². The Hall–Kier alpha value is -1.43. The molecule has 0 aliphatic heterocycles. The van der Waals surface area contributed by atoms with Gasteiger partial charge in [0.2, 0.25) is 0 Å². The van der Waals surface area contributed by atoms with Gasteiger partial charge in [-0.3, -0.25) is 14.9 Å². The van der Waals surface area contributed by atoms with E-state index in [0.29, 0.717) is 28.4 Å². The molecule has 0 spiro atoms. The monoisotopic (exact) mass is 326 g/mol. The zero-order chi connectivity index (χ0) is 14.2. The number of amides is 1. The van der Waals surface area contributed by atoms with Gasteiger partial charge in [0, 0.05) is 25.2 Å². The summed E-state index contributed by atoms with van der Waals surface area (Å²) in [7, 11) is 1.74. The van der Waals surface area contributed by atoms with E-state index in [0.717, 1.165) is 6.42 Å². The average molecular weight is 327 g/mol. The summed E-state index contributed by atoms with van der Waals surface area (Å²) in [5.74, 6) is 1.07. The number of carbonyl (C=O) groups is 1. The predicted octanol–water partition coefficient (Wildman–Crippen LogP) is 3.09. The minimum absolute atomic E-state index is 0.0842. The van der Waals surface area contributed by atoms with Crippen molar-refractivity contribution in [2.24, 2.45) is 11.8 Å². The molecule has 102 valence electrons. The van der Waals surface area contributed by atoms with E-state index in [1.807, 2.05) is 0 Å². The number of carbonyl (C=O) groups excluding carboxylic acids is 1. The number of nitro benzene ring substituents is 1. The van der Waals surface area contributed by atoms with Crippen LogP contribution >= 0.6 is 15.9 Å². The fraction of sp³-hybridized carbons (Fsp3) is 0.462. The summed E-state index contributed by atoms with van der Waals surface area (Å²) in [6, 6.07) is 4.46. The van der Waals surface area contributed by atoms with Gasteiger partial charge in [-0.1, -0.05) is 6.92 Å². The fourth-order valence-electron chi connectivity index (χ4n) is 2.09. The van der Waals surface area contributed by atoms with Crippen LogP contribution in [-0.2, 0) is 0 Å². The molecule has 1 aliphatic rings. The van der Waals surface area contributed by atoms with E-state index in [9.17, 15) is 14.9 Å². The Bertz CT molecular complexity index is 533. The number of hydrogen-bond donors (Lipinski definition) is 0. The molecular formula is C13H15BrN2O3. The molecule has 0 radical (unpaired) electrons. The lowest BCUT2D eigenvalue weighted by Crippen LogP contribution is -2.29. The van der Waals surface area contributed by atoms with Crippen LogP contribution in [0.5, 0.6) is 0 Å². The van der Waals surface area contributed by atoms with Gasteiger partial charge in [0.05, 0.1) is 9.40 Å². The molecular weight excluding hydrogens is 312 g/mol. The van der Waals surface area contributed by atoms with Gasteiger partial charge in [-0.2, -0.15) is 0 Å². The van der Waals surface area contributed by atoms with Gasteiger partial charge in [-0.05, 0) is 46.3 Å². The van der Waals surface area contributed by atoms with Crippen LogP contribution in [0, 0.1) is 22.0 Å². The van der Waals surface area contributed by atoms with Crippen molar-refractivity contribution in [3.05, 3.63) is 38.3 Å². The standard InChI is InChI=1S/C13H15BrN2O3/c1-8-5-10(8)7-15(2)13(17)9-3-4-11(14)12(6-9)16(18)19/h3-4,6,8,10H,5,7H2,1-2H3. The first-order valence-electron chi connectivity index (χ1n) is 6.09. The average Bonchev–Trinajstić information content (AvgIpc) is 3.04. The summed E-state index contributed by atoms with van der Waals surface area (Å²) < 4.78 is 0.382. The molecule has 1 aromatic rings. The fourth-order valence-corrected chi connectivity index (χ4v) is 2.49. The maximum Gasteiger partial charge on any atom is 0.284 e. The summed E-state index contributed by atoms with van der Waals surface area (Å²) in [6.45, 7) is 2.87. The molecule has 0 aromatic heterocycles. The minimum Gasteiger partial charge on any atom is -0.341 e. The van der Waals surface area contributed by atoms with E-state index in [2.05, 4.69) is 22.9 Å². The van der Waals surface area contributed by atoms with E-state index >= 15 is 0 Å². The van der Waals surface area contributed by atoms with Crippen molar-refractivity contribution < 1.29 is 9.72 Å². The van der Waals surface area contributed by atoms with Crippen molar-refractivity contribution in [2.45, 2.75) is 13.3 Å². The molecule has 1 aromatic carbocycles. The number of halogens is 1. The van der Waals surface area contributed by atoms with Crippen LogP contribution in [0.3, 0.4) is 0 Å². The van der Waals surface area contributed by atoms with Crippen molar-refractivity contribution in [2.75, 3.05) is 13.6 Å². The largest absolute Gasteiger partial charge is 0.341 e. The molecule has 1 fully saturated rings. The second-order valence-electron chi connectivity index (χ2n) is 5.08. The smallest absolute Gasteiger partial charge is 0.284 e. The summed E-state index contributed by atoms with van der Waals surface area (Å²) in [5, 5.41) is 10.8. The van der Waals surface area contributed by atoms with Crippen LogP contribution < -0.4 is 0 Å². The summed E-state index contributed by atoms with van der Waals surface area (Å²) in [4.78, 5) is 24.2. The van der Waals surface area contributed by atoms with Crippen LogP contribution in [0.4, 0.5) is 5.69 Å². The molecule has 0 saturated heterocycles. The molecule has 1 aliphatic carbocycles. The maximum absolute atomic E-state index is 12.2. The topological polar surface area (TPSA) is 63.5 Å². The molecule has 5 nitrogen and oxygen atoms in total. The molecule has 0 bridgehead atoms. The molecule has 19 heavy (non-hydrogen) atoms. The van der Waals surface area contributed by atoms with Crippen LogP contribution in [-0.4, -0.2) is 29.3 Å². The van der Waals surface area contributed by atoms with Crippen LogP contribution in [0.15, 0.2) is 22.7 Å². The SMILES string of the molecule is CC1CC1CN(C)C(=O)c1ccc(Br)c([N+](=O)[O-])c1. The van der Waals surface area contributed by atoms with Gasteiger partial charge in [-0.15, -0.1) is 0 Å². The lowest BCUT2D eigenvalue weighted by molar-refractivity contribution is -0.385. The van der Waals surface area contributed by atoms with Crippen molar-refractivity contribution in [1.29, 1.82) is 0 Å². The van der Waals surface area contributed by atoms with Gasteiger partial charge in [-0.25, -0.2) is 0 Å². The van der Waals surface area contributed by atoms with E-state index in [1.165, 1.54) is 6.07 Å². The van der Waals surface area contributed by atoms with Crippen LogP contribution in [0.2, 0.25) is 0 Å². The lowest BCUT2D eigenvalue weighted by Gasteiger charge is -2.17. The molecule has 1 amide bonds. The second kappa shape index (κ2) is 5.28. The predicted molar refractivity (Wildman–Crippen MR) is 75.0 cm³/mol. The Morgan fingerprint density at radius 2 is 2.21 bits per heavy atom. The molecule has 0 heterocycles. The highest BCUT2D eigenvalue weighted by Crippen LogP contribution is 2.38. The van der Waals surface area contributed by atoms with Gasteiger partial charge in [0.1, 0.15) is 0 Å². The van der Waals surface area contributed by atoms with Crippen molar-refractivity contribution in [3.8, 4) is 0 Å². The third kappa shape index (κ3) is 3.12. The van der Waals surface area contributed by atoms with Crippen molar-refractivity contribution in [1.82, 2.24) is 4.90 Å². The van der Waals surface area contributed by atoms with Crippen LogP contribution in [0.1, 0.15) is 23.7 Å². The number of hydrogen-bond acceptors (Lipinski definition) is 3. The molecule has 2 atom stereocenters. The Morgan fingerprint density at radius 1 is 1.58 bits per heavy atom. The zero-order valence-electron chi connectivity index (χ0n) is 10.8. The first-order chi connectivity index (χ1) is 8.90. The number of rotatable bonds is 4. The van der Waals surface area contributed by atoms with Gasteiger partial charge in [0.15, 0.2) is 0 Å². The summed E-state index contributed by atoms with van der Waals surface area (Å²) in [5.41, 5.74) is 0.268. The molecule has 1 saturated carbocycles. The number of nitro groups is 1. The van der Waals surface area contributed by atoms with E-state index in [4.69, 9.17) is 0 Å². The molecule has 2 unspecified atom stereocenters. The maximum atomic E-state index is 12.2. The van der Waals surface area contributed by atoms with E-state index in [-0.39, 0.29) is 11.6 Å². The summed E-state index contributed by atoms with van der Waals surface area (Å²) >= 11 is 3.11. The highest BCUT2D eigenvalue weighted by molar-refractivity contribution is 9.10. The number of benzene rings is 1. The Labute approximate surface area is 119 Å². The Morgan fingerprint density at radius 3 is 2.74 bits per heavy atom. The highest BCUT2D eigenvalue weighted by atomic mass is 79.9. The zero-order valence-corrected chi connectivity index (χ0v) is 12.4. The minimum atomic E-state index is -0.496. The third-order valence-electron chi connectivity index (χ3n) is 3.52. The van der Waals surface area contributed by atoms with E-state index in [1.54, 1.807) is 24.1 Å². The Kier molecular flexibility index (Phi) is 3.89. The first-order valence-corrected chi connectivity index (χ1v) is 6.89. The van der Waals surface area contributed by atoms with Crippen LogP contribution in [0.25, 0.3) is 0 Å². The Balaban J connectivity index is 2.14. The second-order valence-corrected chi connectivity index (χ2v) is 5.94. The molecule has 6 heteroatoms.